The van der Waals surface area contributed by atoms with Crippen molar-refractivity contribution in [3.05, 3.63) is 69.7 Å². The van der Waals surface area contributed by atoms with Gasteiger partial charge in [0, 0.05) is 10.0 Å². The zero-order valence-electron chi connectivity index (χ0n) is 14.3. The van der Waals surface area contributed by atoms with E-state index in [-0.39, 0.29) is 5.71 Å². The van der Waals surface area contributed by atoms with Crippen LogP contribution < -0.4 is 11.2 Å². The van der Waals surface area contributed by atoms with Gasteiger partial charge in [-0.15, -0.1) is 0 Å². The number of nitrogens with zero attached hydrogens (tertiary/aromatic N) is 3. The Balaban J connectivity index is 2.50. The minimum Gasteiger partial charge on any atom is -0.350 e. The van der Waals surface area contributed by atoms with Crippen LogP contribution in [-0.2, 0) is 4.79 Å². The molecule has 0 aliphatic heterocycles. The highest BCUT2D eigenvalue weighted by Gasteiger charge is 2.32. The molecule has 0 heterocycles. The second kappa shape index (κ2) is 9.52. The Kier molecular flexibility index (Phi) is 7.11. The Labute approximate surface area is 171 Å². The summed E-state index contributed by atoms with van der Waals surface area (Å²) in [6.07, 6.45) is 0. The van der Waals surface area contributed by atoms with E-state index in [4.69, 9.17) is 28.9 Å². The fourth-order valence-electron chi connectivity index (χ4n) is 2.41. The summed E-state index contributed by atoms with van der Waals surface area (Å²) in [4.78, 5) is 24.1. The summed E-state index contributed by atoms with van der Waals surface area (Å²) in [5.41, 5.74) is 7.45. The zero-order chi connectivity index (χ0) is 20.7. The highest BCUT2D eigenvalue weighted by molar-refractivity contribution is 6.45. The lowest BCUT2D eigenvalue weighted by Gasteiger charge is -2.15. The maximum Gasteiger partial charge on any atom is 0.332 e. The van der Waals surface area contributed by atoms with E-state index in [0.717, 1.165) is 0 Å². The number of halogens is 2. The van der Waals surface area contributed by atoms with Gasteiger partial charge in [-0.2, -0.15) is 15.6 Å². The van der Waals surface area contributed by atoms with E-state index < -0.39 is 23.7 Å². The second-order valence-electron chi connectivity index (χ2n) is 5.56. The molecule has 2 aromatic carbocycles. The lowest BCUT2D eigenvalue weighted by molar-refractivity contribution is -0.113. The number of carbonyl (C=O) groups is 2. The Hall–Kier alpha value is -3.39. The third kappa shape index (κ3) is 5.08. The Morgan fingerprint density at radius 3 is 1.71 bits per heavy atom. The number of hydrazone groups is 1. The number of nitriles is 2. The van der Waals surface area contributed by atoms with Gasteiger partial charge in [-0.05, 0) is 35.4 Å². The van der Waals surface area contributed by atoms with Crippen LogP contribution in [0.1, 0.15) is 23.0 Å². The van der Waals surface area contributed by atoms with Gasteiger partial charge in [0.25, 0.3) is 0 Å². The largest absolute Gasteiger partial charge is 0.350 e. The number of primary amides is 1. The number of urea groups is 1. The van der Waals surface area contributed by atoms with Gasteiger partial charge in [-0.3, -0.25) is 4.79 Å². The average Bonchev–Trinajstić information content (AvgIpc) is 2.68. The van der Waals surface area contributed by atoms with Gasteiger partial charge in [0.15, 0.2) is 0 Å². The molecule has 0 saturated heterocycles. The Morgan fingerprint density at radius 2 is 1.32 bits per heavy atom. The third-order valence-electron chi connectivity index (χ3n) is 3.74. The predicted molar refractivity (Wildman–Crippen MR) is 105 cm³/mol. The number of hydrogen-bond donors (Lipinski definition) is 2. The molecule has 3 N–H and O–H groups in total. The summed E-state index contributed by atoms with van der Waals surface area (Å²) < 4.78 is 0. The number of hydrogen-bond acceptors (Lipinski definition) is 5. The van der Waals surface area contributed by atoms with E-state index in [0.29, 0.717) is 21.2 Å². The van der Waals surface area contributed by atoms with Crippen molar-refractivity contribution in [2.75, 3.05) is 0 Å². The normalized spacial score (nSPS) is 12.9. The molecule has 2 atom stereocenters. The van der Waals surface area contributed by atoms with Crippen LogP contribution in [0.5, 0.6) is 0 Å². The van der Waals surface area contributed by atoms with Crippen LogP contribution in [0.25, 0.3) is 0 Å². The van der Waals surface area contributed by atoms with Crippen LogP contribution in [0, 0.1) is 22.7 Å². The van der Waals surface area contributed by atoms with Gasteiger partial charge in [0.05, 0.1) is 12.1 Å². The van der Waals surface area contributed by atoms with Crippen molar-refractivity contribution in [3.63, 3.8) is 0 Å². The molecule has 2 rings (SSSR count). The quantitative estimate of drug-likeness (QED) is 0.553. The maximum absolute atomic E-state index is 13.1. The van der Waals surface area contributed by atoms with E-state index in [2.05, 4.69) is 5.10 Å². The summed E-state index contributed by atoms with van der Waals surface area (Å²) >= 11 is 11.7. The lowest BCUT2D eigenvalue weighted by Crippen LogP contribution is -2.32. The lowest BCUT2D eigenvalue weighted by atomic mass is 9.86. The molecule has 0 aromatic heterocycles. The van der Waals surface area contributed by atoms with Crippen molar-refractivity contribution in [3.8, 4) is 12.1 Å². The maximum atomic E-state index is 13.1. The van der Waals surface area contributed by atoms with Gasteiger partial charge >= 0.3 is 6.03 Å². The molecule has 0 unspecified atom stereocenters. The van der Waals surface area contributed by atoms with E-state index in [9.17, 15) is 20.1 Å². The van der Waals surface area contributed by atoms with Gasteiger partial charge < -0.3 is 5.73 Å². The molecule has 0 spiro atoms. The molecule has 0 saturated carbocycles. The summed E-state index contributed by atoms with van der Waals surface area (Å²) in [6, 6.07) is 15.2. The van der Waals surface area contributed by atoms with Gasteiger partial charge in [0.2, 0.25) is 5.78 Å². The second-order valence-corrected chi connectivity index (χ2v) is 6.44. The molecule has 140 valence electrons. The minimum absolute atomic E-state index is 0.329. The first-order chi connectivity index (χ1) is 13.4. The molecule has 2 aromatic rings. The molecule has 0 radical (unpaired) electrons. The first kappa shape index (κ1) is 20.9. The molecular weight excluding hydrogens is 401 g/mol. The number of ketones is 1. The number of amides is 2. The first-order valence-corrected chi connectivity index (χ1v) is 8.60. The van der Waals surface area contributed by atoms with E-state index in [1.54, 1.807) is 24.3 Å². The number of carbonyl (C=O) groups excluding carboxylic acids is 2. The topological polar surface area (TPSA) is 132 Å². The molecule has 28 heavy (non-hydrogen) atoms. The molecular formula is C19H13Cl2N5O2. The monoisotopic (exact) mass is 413 g/mol. The molecule has 0 bridgehead atoms. The summed E-state index contributed by atoms with van der Waals surface area (Å²) in [5.74, 6) is -3.16. The summed E-state index contributed by atoms with van der Waals surface area (Å²) in [7, 11) is 0. The standard InChI is InChI=1S/C19H13Cl2N5O2/c20-13-5-1-11(2-6-13)15(9-22)17(25-26-19(24)28)18(27)16(10-23)12-3-7-14(21)8-4-12/h1-8,15-16H,(H3,24,26,28)/b25-17+/t15-,16-/m0/s1. The highest BCUT2D eigenvalue weighted by atomic mass is 35.5. The van der Waals surface area contributed by atoms with Crippen LogP contribution in [0.3, 0.4) is 0 Å². The smallest absolute Gasteiger partial charge is 0.332 e. The minimum atomic E-state index is -1.26. The van der Waals surface area contributed by atoms with Crippen molar-refractivity contribution in [2.45, 2.75) is 11.8 Å². The molecule has 0 aliphatic rings. The predicted octanol–water partition coefficient (Wildman–Crippen LogP) is 3.50. The number of benzene rings is 2. The van der Waals surface area contributed by atoms with Crippen LogP contribution in [-0.4, -0.2) is 17.5 Å². The highest BCUT2D eigenvalue weighted by Crippen LogP contribution is 2.25. The van der Waals surface area contributed by atoms with Gasteiger partial charge in [-0.25, -0.2) is 10.2 Å². The summed E-state index contributed by atoms with van der Waals surface area (Å²) in [5, 5.41) is 23.8. The van der Waals surface area contributed by atoms with Gasteiger partial charge in [0.1, 0.15) is 17.5 Å². The van der Waals surface area contributed by atoms with Crippen LogP contribution in [0.15, 0.2) is 53.6 Å². The number of nitrogens with one attached hydrogen (secondary N) is 1. The van der Waals surface area contributed by atoms with Crippen molar-refractivity contribution in [1.29, 1.82) is 10.5 Å². The fourth-order valence-corrected chi connectivity index (χ4v) is 2.67. The zero-order valence-corrected chi connectivity index (χ0v) is 15.8. The van der Waals surface area contributed by atoms with Gasteiger partial charge in [-0.1, -0.05) is 47.5 Å². The van der Waals surface area contributed by atoms with Crippen molar-refractivity contribution >= 4 is 40.7 Å². The molecule has 0 fully saturated rings. The molecule has 0 aliphatic carbocycles. The first-order valence-electron chi connectivity index (χ1n) is 7.84. The van der Waals surface area contributed by atoms with Crippen LogP contribution in [0.4, 0.5) is 4.79 Å². The van der Waals surface area contributed by atoms with Crippen LogP contribution >= 0.6 is 23.2 Å². The van der Waals surface area contributed by atoms with Crippen LogP contribution in [0.2, 0.25) is 10.0 Å². The summed E-state index contributed by atoms with van der Waals surface area (Å²) in [6.45, 7) is 0. The number of rotatable bonds is 6. The average molecular weight is 414 g/mol. The Morgan fingerprint density at radius 1 is 0.893 bits per heavy atom. The van der Waals surface area contributed by atoms with E-state index in [1.165, 1.54) is 24.3 Å². The van der Waals surface area contributed by atoms with Crippen molar-refractivity contribution < 1.29 is 9.59 Å². The molecule has 7 nitrogen and oxygen atoms in total. The Bertz CT molecular complexity index is 989. The number of nitrogens with two attached hydrogens (primary N) is 1. The molecule has 9 heteroatoms. The number of Topliss-reactive ketones (excluding diaryl/α,β-unsaturated/α-hetero) is 1. The fraction of sp³-hybridized carbons (Fsp3) is 0.105. The van der Waals surface area contributed by atoms with Crippen molar-refractivity contribution in [1.82, 2.24) is 5.43 Å². The van der Waals surface area contributed by atoms with E-state index >= 15 is 0 Å². The third-order valence-corrected chi connectivity index (χ3v) is 4.24. The van der Waals surface area contributed by atoms with Crippen molar-refractivity contribution in [2.24, 2.45) is 10.8 Å². The molecule has 2 amide bonds. The van der Waals surface area contributed by atoms with E-state index in [1.807, 2.05) is 17.6 Å². The SMILES string of the molecule is N#C[C@H](C(=O)/C(=N/NC(N)=O)[C@@H](C#N)c1ccc(Cl)cc1)c1ccc(Cl)cc1.